The van der Waals surface area contributed by atoms with E-state index in [9.17, 15) is 9.59 Å². The van der Waals surface area contributed by atoms with Crippen LogP contribution in [0.2, 0.25) is 0 Å². The van der Waals surface area contributed by atoms with E-state index in [4.69, 9.17) is 9.15 Å². The molecule has 1 aliphatic heterocycles. The van der Waals surface area contributed by atoms with E-state index in [0.717, 1.165) is 48.5 Å². The molecule has 0 atom stereocenters. The van der Waals surface area contributed by atoms with Crippen molar-refractivity contribution in [3.8, 4) is 5.75 Å². The number of amides is 1. The Kier molecular flexibility index (Phi) is 6.46. The molecule has 168 valence electrons. The van der Waals surface area contributed by atoms with Gasteiger partial charge in [0.05, 0.1) is 7.11 Å². The first-order chi connectivity index (χ1) is 15.4. The smallest absolute Gasteiger partial charge is 0.339 e. The van der Waals surface area contributed by atoms with Crippen molar-refractivity contribution >= 4 is 28.3 Å². The van der Waals surface area contributed by atoms with Crippen LogP contribution in [-0.2, 0) is 11.2 Å². The van der Waals surface area contributed by atoms with Gasteiger partial charge < -0.3 is 24.3 Å². The molecule has 3 aromatic rings. The number of nitrogens with one attached hydrogen (secondary N) is 1. The molecule has 7 nitrogen and oxygen atoms in total. The fourth-order valence-corrected chi connectivity index (χ4v) is 4.07. The summed E-state index contributed by atoms with van der Waals surface area (Å²) >= 11 is 0. The summed E-state index contributed by atoms with van der Waals surface area (Å²) in [4.78, 5) is 29.7. The van der Waals surface area contributed by atoms with Crippen LogP contribution in [0.15, 0.2) is 51.7 Å². The van der Waals surface area contributed by atoms with E-state index in [0.29, 0.717) is 23.3 Å². The molecule has 1 saturated heterocycles. The Morgan fingerprint density at radius 2 is 1.81 bits per heavy atom. The quantitative estimate of drug-likeness (QED) is 0.598. The Labute approximate surface area is 187 Å². The Morgan fingerprint density at radius 3 is 2.50 bits per heavy atom. The molecule has 0 unspecified atom stereocenters. The molecule has 0 saturated carbocycles. The maximum absolute atomic E-state index is 12.5. The highest BCUT2D eigenvalue weighted by Crippen LogP contribution is 2.25. The van der Waals surface area contributed by atoms with Crippen LogP contribution in [0.1, 0.15) is 17.5 Å². The second-order valence-electron chi connectivity index (χ2n) is 8.24. The maximum Gasteiger partial charge on any atom is 0.339 e. The van der Waals surface area contributed by atoms with E-state index >= 15 is 0 Å². The topological polar surface area (TPSA) is 75.0 Å². The Balaban J connectivity index is 1.39. The van der Waals surface area contributed by atoms with Gasteiger partial charge in [0.15, 0.2) is 0 Å². The van der Waals surface area contributed by atoms with Crippen LogP contribution in [0.3, 0.4) is 0 Å². The van der Waals surface area contributed by atoms with E-state index < -0.39 is 5.63 Å². The van der Waals surface area contributed by atoms with E-state index in [-0.39, 0.29) is 12.3 Å². The van der Waals surface area contributed by atoms with Crippen molar-refractivity contribution < 1.29 is 13.9 Å². The van der Waals surface area contributed by atoms with Gasteiger partial charge in [-0.1, -0.05) is 0 Å². The predicted octanol–water partition coefficient (Wildman–Crippen LogP) is 3.43. The van der Waals surface area contributed by atoms with Gasteiger partial charge in [0.2, 0.25) is 5.91 Å². The number of anilines is 2. The van der Waals surface area contributed by atoms with E-state index in [1.54, 1.807) is 13.2 Å². The summed E-state index contributed by atoms with van der Waals surface area (Å²) in [5.74, 6) is 0.497. The minimum absolute atomic E-state index is 0.133. The van der Waals surface area contributed by atoms with Gasteiger partial charge in [-0.2, -0.15) is 0 Å². The third-order valence-corrected chi connectivity index (χ3v) is 6.12. The molecule has 7 heteroatoms. The molecule has 2 heterocycles. The molecule has 1 N–H and O–H groups in total. The number of aryl methyl sites for hydroxylation is 1. The second kappa shape index (κ2) is 9.44. The zero-order valence-corrected chi connectivity index (χ0v) is 18.8. The summed E-state index contributed by atoms with van der Waals surface area (Å²) in [5.41, 5.74) is 3.36. The number of rotatable bonds is 6. The van der Waals surface area contributed by atoms with Crippen molar-refractivity contribution in [3.05, 3.63) is 64.0 Å². The van der Waals surface area contributed by atoms with Crippen LogP contribution in [0.25, 0.3) is 11.0 Å². The molecule has 2 aromatic carbocycles. The fourth-order valence-electron chi connectivity index (χ4n) is 4.07. The molecule has 1 fully saturated rings. The van der Waals surface area contributed by atoms with Gasteiger partial charge in [-0.15, -0.1) is 0 Å². The Bertz CT molecular complexity index is 1160. The molecule has 0 aliphatic carbocycles. The molecule has 0 radical (unpaired) electrons. The third-order valence-electron chi connectivity index (χ3n) is 6.12. The monoisotopic (exact) mass is 435 g/mol. The molecule has 1 aromatic heterocycles. The molecular formula is C25H29N3O4. The maximum atomic E-state index is 12.5. The molecular weight excluding hydrogens is 406 g/mol. The second-order valence-corrected chi connectivity index (χ2v) is 8.24. The SMILES string of the molecule is COc1ccc2c(C)c(CCC(=O)Nc3ccc(N4CCN(C)CC4)cc3)c(=O)oc2c1. The Hall–Kier alpha value is -3.32. The van der Waals surface area contributed by atoms with Crippen molar-refractivity contribution in [3.63, 3.8) is 0 Å². The standard InChI is InChI=1S/C25H29N3O4/c1-17-21-9-8-20(31-3)16-23(21)32-25(30)22(17)10-11-24(29)26-18-4-6-19(7-5-18)28-14-12-27(2)13-15-28/h4-9,16H,10-15H2,1-3H3,(H,26,29). The number of methoxy groups -OCH3 is 1. The van der Waals surface area contributed by atoms with Crippen molar-refractivity contribution in [1.82, 2.24) is 4.90 Å². The van der Waals surface area contributed by atoms with Crippen LogP contribution in [0, 0.1) is 6.92 Å². The van der Waals surface area contributed by atoms with Crippen molar-refractivity contribution in [1.29, 1.82) is 0 Å². The summed E-state index contributed by atoms with van der Waals surface area (Å²) in [7, 11) is 3.70. The summed E-state index contributed by atoms with van der Waals surface area (Å²) < 4.78 is 10.7. The van der Waals surface area contributed by atoms with Crippen molar-refractivity contribution in [2.24, 2.45) is 0 Å². The number of ether oxygens (including phenoxy) is 1. The van der Waals surface area contributed by atoms with Gasteiger partial charge in [0.25, 0.3) is 0 Å². The molecule has 0 spiro atoms. The minimum atomic E-state index is -0.410. The molecule has 32 heavy (non-hydrogen) atoms. The van der Waals surface area contributed by atoms with E-state index in [2.05, 4.69) is 22.2 Å². The van der Waals surface area contributed by atoms with Crippen molar-refractivity contribution in [2.45, 2.75) is 19.8 Å². The van der Waals surface area contributed by atoms with Gasteiger partial charge in [-0.3, -0.25) is 4.79 Å². The largest absolute Gasteiger partial charge is 0.497 e. The number of nitrogens with zero attached hydrogens (tertiary/aromatic N) is 2. The van der Waals surface area contributed by atoms with Gasteiger partial charge >= 0.3 is 5.63 Å². The number of hydrogen-bond acceptors (Lipinski definition) is 6. The number of benzene rings is 2. The van der Waals surface area contributed by atoms with Gasteiger partial charge in [0, 0.05) is 61.0 Å². The zero-order chi connectivity index (χ0) is 22.7. The molecule has 0 bridgehead atoms. The average molecular weight is 436 g/mol. The molecule has 4 rings (SSSR count). The van der Waals surface area contributed by atoms with Gasteiger partial charge in [-0.05, 0) is 62.4 Å². The lowest BCUT2D eigenvalue weighted by molar-refractivity contribution is -0.116. The predicted molar refractivity (Wildman–Crippen MR) is 127 cm³/mol. The fraction of sp³-hybridized carbons (Fsp3) is 0.360. The minimum Gasteiger partial charge on any atom is -0.497 e. The number of likely N-dealkylation sites (N-methyl/N-ethyl adjacent to an activating group) is 1. The number of piperazine rings is 1. The zero-order valence-electron chi connectivity index (χ0n) is 18.8. The number of hydrogen-bond donors (Lipinski definition) is 1. The third kappa shape index (κ3) is 4.78. The average Bonchev–Trinajstić information content (AvgIpc) is 2.79. The van der Waals surface area contributed by atoms with E-state index in [1.807, 2.05) is 43.3 Å². The summed E-state index contributed by atoms with van der Waals surface area (Å²) in [6.45, 7) is 5.99. The highest BCUT2D eigenvalue weighted by Gasteiger charge is 2.15. The highest BCUT2D eigenvalue weighted by atomic mass is 16.5. The number of carbonyl (C=O) groups excluding carboxylic acids is 1. The summed E-state index contributed by atoms with van der Waals surface area (Å²) in [6, 6.07) is 13.3. The normalized spacial score (nSPS) is 14.5. The van der Waals surface area contributed by atoms with Gasteiger partial charge in [0.1, 0.15) is 11.3 Å². The van der Waals surface area contributed by atoms with Gasteiger partial charge in [-0.25, -0.2) is 4.79 Å². The van der Waals surface area contributed by atoms with Crippen LogP contribution < -0.4 is 20.6 Å². The number of fused-ring (bicyclic) bond motifs is 1. The Morgan fingerprint density at radius 1 is 1.09 bits per heavy atom. The van der Waals surface area contributed by atoms with Crippen LogP contribution in [0.5, 0.6) is 5.75 Å². The van der Waals surface area contributed by atoms with Crippen LogP contribution >= 0.6 is 0 Å². The first-order valence-corrected chi connectivity index (χ1v) is 10.9. The van der Waals surface area contributed by atoms with E-state index in [1.165, 1.54) is 0 Å². The highest BCUT2D eigenvalue weighted by molar-refractivity contribution is 5.91. The lowest BCUT2D eigenvalue weighted by atomic mass is 10.0. The first kappa shape index (κ1) is 21.9. The summed E-state index contributed by atoms with van der Waals surface area (Å²) in [5, 5.41) is 3.77. The van der Waals surface area contributed by atoms with Crippen LogP contribution in [0.4, 0.5) is 11.4 Å². The lowest BCUT2D eigenvalue weighted by Gasteiger charge is -2.34. The van der Waals surface area contributed by atoms with Crippen molar-refractivity contribution in [2.75, 3.05) is 50.6 Å². The lowest BCUT2D eigenvalue weighted by Crippen LogP contribution is -2.44. The molecule has 1 amide bonds. The molecule has 1 aliphatic rings. The first-order valence-electron chi connectivity index (χ1n) is 10.9. The van der Waals surface area contributed by atoms with Crippen LogP contribution in [-0.4, -0.2) is 51.1 Å². The summed E-state index contributed by atoms with van der Waals surface area (Å²) in [6.07, 6.45) is 0.523. The number of carbonyl (C=O) groups is 1.